The summed E-state index contributed by atoms with van der Waals surface area (Å²) in [7, 11) is -4.66. The highest BCUT2D eigenvalue weighted by atomic mass is 31.2. The largest absolute Gasteiger partial charge is 0.480 e. The Morgan fingerprint density at radius 2 is 0.939 bits per heavy atom. The number of unbranched alkanes of at least 4 members (excludes halogenated alkanes) is 25. The smallest absolute Gasteiger partial charge is 0.472 e. The number of carboxylic acid groups (broad SMARTS) is 1. The van der Waals surface area contributed by atoms with Crippen LogP contribution in [0.4, 0.5) is 0 Å². The summed E-state index contributed by atoms with van der Waals surface area (Å²) in [6.45, 7) is 1.71. The second-order valence-corrected chi connectivity index (χ2v) is 15.0. The molecule has 0 aliphatic carbocycles. The van der Waals surface area contributed by atoms with Crippen LogP contribution in [0.5, 0.6) is 0 Å². The van der Waals surface area contributed by atoms with Crippen molar-refractivity contribution < 1.29 is 47.5 Å². The van der Waals surface area contributed by atoms with Gasteiger partial charge in [-0.15, -0.1) is 0 Å². The molecule has 0 aromatic rings. The molecular weight excluding hydrogens is 649 g/mol. The van der Waals surface area contributed by atoms with Crippen molar-refractivity contribution in [2.75, 3.05) is 19.8 Å². The summed E-state index contributed by atoms with van der Waals surface area (Å²) in [5.74, 6) is -2.56. The first-order valence-corrected chi connectivity index (χ1v) is 21.0. The van der Waals surface area contributed by atoms with Crippen LogP contribution < -0.4 is 5.73 Å². The van der Waals surface area contributed by atoms with Crippen LogP contribution in [0.3, 0.4) is 0 Å². The topological polar surface area (TPSA) is 172 Å². The molecule has 0 aliphatic heterocycles. The average molecular weight is 722 g/mol. The Balaban J connectivity index is 3.59. The number of carboxylic acids is 1. The fraction of sp³-hybridized carbons (Fsp3) is 0.919. The van der Waals surface area contributed by atoms with E-state index in [1.807, 2.05) is 0 Å². The maximum absolute atomic E-state index is 12.1. The summed E-state index contributed by atoms with van der Waals surface area (Å²) < 4.78 is 31.3. The molecule has 0 amide bonds. The zero-order chi connectivity index (χ0) is 36.4. The number of phosphoric acid groups is 1. The number of carbonyl (C=O) groups is 3. The van der Waals surface area contributed by atoms with Crippen LogP contribution in [0.1, 0.15) is 187 Å². The van der Waals surface area contributed by atoms with Crippen molar-refractivity contribution in [3.63, 3.8) is 0 Å². The lowest BCUT2D eigenvalue weighted by atomic mass is 10.0. The maximum atomic E-state index is 12.1. The third kappa shape index (κ3) is 34.7. The lowest BCUT2D eigenvalue weighted by Gasteiger charge is -2.19. The molecule has 0 bridgehead atoms. The SMILES string of the molecule is CCCCCCCCCCCCCCCCCCCCCCCCCCCCC(=O)OC[C@H](COP(=O)(O)OC[C@H](N)C(=O)O)OC(C)=O. The van der Waals surface area contributed by atoms with Crippen LogP contribution in [0, 0.1) is 0 Å². The third-order valence-corrected chi connectivity index (χ3v) is 9.61. The monoisotopic (exact) mass is 721 g/mol. The summed E-state index contributed by atoms with van der Waals surface area (Å²) in [6.07, 6.45) is 33.4. The van der Waals surface area contributed by atoms with Gasteiger partial charge in [0.15, 0.2) is 6.10 Å². The van der Waals surface area contributed by atoms with E-state index in [2.05, 4.69) is 11.4 Å². The van der Waals surface area contributed by atoms with Gasteiger partial charge in [0.25, 0.3) is 0 Å². The Morgan fingerprint density at radius 1 is 0.592 bits per heavy atom. The first-order valence-electron chi connectivity index (χ1n) is 19.5. The molecule has 0 spiro atoms. The third-order valence-electron chi connectivity index (χ3n) is 8.66. The van der Waals surface area contributed by atoms with Crippen molar-refractivity contribution in [2.24, 2.45) is 5.73 Å². The normalized spacial score (nSPS) is 13.9. The Morgan fingerprint density at radius 3 is 1.29 bits per heavy atom. The Bertz CT molecular complexity index is 859. The van der Waals surface area contributed by atoms with E-state index in [0.29, 0.717) is 6.42 Å². The number of nitrogens with two attached hydrogens (primary N) is 1. The minimum atomic E-state index is -4.66. The average Bonchev–Trinajstić information content (AvgIpc) is 3.06. The number of hydrogen-bond donors (Lipinski definition) is 3. The van der Waals surface area contributed by atoms with Crippen molar-refractivity contribution in [2.45, 2.75) is 199 Å². The Hall–Kier alpha value is -1.52. The summed E-state index contributed by atoms with van der Waals surface area (Å²) in [5, 5.41) is 8.72. The number of esters is 2. The van der Waals surface area contributed by atoms with Gasteiger partial charge in [0.1, 0.15) is 12.6 Å². The quantitative estimate of drug-likeness (QED) is 0.0317. The molecule has 0 rings (SSSR count). The molecule has 49 heavy (non-hydrogen) atoms. The standard InChI is InChI=1S/C37H72NO10P/c1-3-4-5-6-7-8-9-10-11-12-13-14-15-16-17-18-19-20-21-22-23-24-25-26-27-28-29-36(40)45-30-34(48-33(2)39)31-46-49(43,44)47-32-35(38)37(41)42/h34-35H,3-32,38H2,1-2H3,(H,41,42)(H,43,44)/t34-,35+/m1/s1. The van der Waals surface area contributed by atoms with Gasteiger partial charge >= 0.3 is 25.7 Å². The number of ether oxygens (including phenoxy) is 2. The molecular formula is C37H72NO10P. The minimum Gasteiger partial charge on any atom is -0.480 e. The molecule has 0 fully saturated rings. The lowest BCUT2D eigenvalue weighted by molar-refractivity contribution is -0.159. The molecule has 0 heterocycles. The van der Waals surface area contributed by atoms with Crippen molar-refractivity contribution in [1.29, 1.82) is 0 Å². The Kier molecular flexibility index (Phi) is 32.6. The van der Waals surface area contributed by atoms with Gasteiger partial charge in [0.2, 0.25) is 0 Å². The molecule has 0 aromatic carbocycles. The first-order chi connectivity index (χ1) is 23.6. The molecule has 4 N–H and O–H groups in total. The maximum Gasteiger partial charge on any atom is 0.472 e. The van der Waals surface area contributed by atoms with Crippen molar-refractivity contribution in [3.05, 3.63) is 0 Å². The zero-order valence-corrected chi connectivity index (χ0v) is 31.9. The summed E-state index contributed by atoms with van der Waals surface area (Å²) in [4.78, 5) is 43.8. The van der Waals surface area contributed by atoms with E-state index in [9.17, 15) is 23.8 Å². The minimum absolute atomic E-state index is 0.224. The van der Waals surface area contributed by atoms with E-state index >= 15 is 0 Å². The number of phosphoric ester groups is 1. The fourth-order valence-electron chi connectivity index (χ4n) is 5.65. The number of carbonyl (C=O) groups excluding carboxylic acids is 2. The second kappa shape index (κ2) is 33.6. The number of hydrogen-bond acceptors (Lipinski definition) is 9. The van der Waals surface area contributed by atoms with E-state index in [1.165, 1.54) is 141 Å². The molecule has 0 radical (unpaired) electrons. The highest BCUT2D eigenvalue weighted by molar-refractivity contribution is 7.47. The molecule has 11 nitrogen and oxygen atoms in total. The molecule has 0 aliphatic rings. The summed E-state index contributed by atoms with van der Waals surface area (Å²) >= 11 is 0. The van der Waals surface area contributed by atoms with E-state index in [4.69, 9.17) is 24.8 Å². The predicted molar refractivity (Wildman–Crippen MR) is 194 cm³/mol. The van der Waals surface area contributed by atoms with Crippen LogP contribution in [0.2, 0.25) is 0 Å². The molecule has 0 saturated carbocycles. The highest BCUT2D eigenvalue weighted by Crippen LogP contribution is 2.43. The van der Waals surface area contributed by atoms with Gasteiger partial charge in [0.05, 0.1) is 13.2 Å². The van der Waals surface area contributed by atoms with E-state index in [-0.39, 0.29) is 13.0 Å². The van der Waals surface area contributed by atoms with Crippen LogP contribution >= 0.6 is 7.82 Å². The zero-order valence-electron chi connectivity index (χ0n) is 31.1. The van der Waals surface area contributed by atoms with E-state index in [1.54, 1.807) is 0 Å². The second-order valence-electron chi connectivity index (χ2n) is 13.5. The molecule has 12 heteroatoms. The molecule has 0 aromatic heterocycles. The van der Waals surface area contributed by atoms with Gasteiger partial charge in [0, 0.05) is 13.3 Å². The van der Waals surface area contributed by atoms with Crippen molar-refractivity contribution in [1.82, 2.24) is 0 Å². The van der Waals surface area contributed by atoms with Crippen LogP contribution in [0.15, 0.2) is 0 Å². The first kappa shape index (κ1) is 47.5. The van der Waals surface area contributed by atoms with Gasteiger partial charge < -0.3 is 25.2 Å². The molecule has 3 atom stereocenters. The highest BCUT2D eigenvalue weighted by Gasteiger charge is 2.27. The summed E-state index contributed by atoms with van der Waals surface area (Å²) in [5.41, 5.74) is 5.23. The van der Waals surface area contributed by atoms with Crippen LogP contribution in [-0.4, -0.2) is 59.9 Å². The summed E-state index contributed by atoms with van der Waals surface area (Å²) in [6, 6.07) is -1.51. The van der Waals surface area contributed by atoms with E-state index < -0.39 is 51.1 Å². The van der Waals surface area contributed by atoms with Gasteiger partial charge in [-0.2, -0.15) is 0 Å². The predicted octanol–water partition coefficient (Wildman–Crippen LogP) is 9.56. The van der Waals surface area contributed by atoms with Crippen LogP contribution in [0.25, 0.3) is 0 Å². The molecule has 0 saturated heterocycles. The van der Waals surface area contributed by atoms with Gasteiger partial charge in [-0.3, -0.25) is 23.4 Å². The lowest BCUT2D eigenvalue weighted by Crippen LogP contribution is -2.34. The Labute approximate surface area is 297 Å². The fourth-order valence-corrected chi connectivity index (χ4v) is 6.43. The van der Waals surface area contributed by atoms with Crippen LogP contribution in [-0.2, 0) is 37.5 Å². The van der Waals surface area contributed by atoms with Gasteiger partial charge in [-0.1, -0.05) is 167 Å². The number of rotatable bonds is 37. The van der Waals surface area contributed by atoms with Gasteiger partial charge in [-0.25, -0.2) is 4.57 Å². The van der Waals surface area contributed by atoms with E-state index in [0.717, 1.165) is 26.2 Å². The van der Waals surface area contributed by atoms with Gasteiger partial charge in [-0.05, 0) is 6.42 Å². The molecule has 290 valence electrons. The number of aliphatic carboxylic acids is 1. The van der Waals surface area contributed by atoms with Crippen molar-refractivity contribution >= 4 is 25.7 Å². The van der Waals surface area contributed by atoms with Crippen molar-refractivity contribution in [3.8, 4) is 0 Å². The molecule has 1 unspecified atom stereocenters.